The van der Waals surface area contributed by atoms with Gasteiger partial charge in [-0.25, -0.2) is 0 Å². The number of rotatable bonds is 7. The zero-order chi connectivity index (χ0) is 18.6. The summed E-state index contributed by atoms with van der Waals surface area (Å²) in [6.07, 6.45) is 4.63. The Hall–Kier alpha value is -2.55. The molecule has 6 nitrogen and oxygen atoms in total. The largest absolute Gasteiger partial charge is 0.352 e. The van der Waals surface area contributed by atoms with E-state index in [1.165, 1.54) is 4.90 Å². The summed E-state index contributed by atoms with van der Waals surface area (Å²) in [6.45, 7) is 6.98. The molecule has 2 amide bonds. The van der Waals surface area contributed by atoms with E-state index in [4.69, 9.17) is 0 Å². The number of likely N-dealkylation sites (N-methyl/N-ethyl adjacent to an activating group) is 1. The van der Waals surface area contributed by atoms with Crippen molar-refractivity contribution in [3.63, 3.8) is 0 Å². The minimum atomic E-state index is -0.436. The molecule has 134 valence electrons. The molecule has 1 aliphatic rings. The number of hydrogen-bond donors (Lipinski definition) is 1. The normalized spacial score (nSPS) is 14.1. The average molecular weight is 342 g/mol. The van der Waals surface area contributed by atoms with Gasteiger partial charge < -0.3 is 14.8 Å². The highest BCUT2D eigenvalue weighted by Gasteiger charge is 2.25. The number of carbonyl (C=O) groups excluding carboxylic acids is 2. The number of amides is 2. The Labute approximate surface area is 149 Å². The van der Waals surface area contributed by atoms with Gasteiger partial charge in [-0.3, -0.25) is 9.59 Å². The highest BCUT2D eigenvalue weighted by atomic mass is 16.2. The van der Waals surface area contributed by atoms with Gasteiger partial charge in [0.15, 0.2) is 0 Å². The smallest absolute Gasteiger partial charge is 0.264 e. The van der Waals surface area contributed by atoms with Crippen molar-refractivity contribution in [2.75, 3.05) is 13.6 Å². The highest BCUT2D eigenvalue weighted by molar-refractivity contribution is 6.03. The topological polar surface area (TPSA) is 78.1 Å². The predicted octanol–water partition coefficient (Wildman–Crippen LogP) is 2.16. The summed E-state index contributed by atoms with van der Waals surface area (Å²) in [5.41, 5.74) is 3.05. The summed E-state index contributed by atoms with van der Waals surface area (Å²) < 4.78 is 2.18. The van der Waals surface area contributed by atoms with E-state index < -0.39 is 5.91 Å². The maximum absolute atomic E-state index is 12.5. The van der Waals surface area contributed by atoms with E-state index in [2.05, 4.69) is 16.8 Å². The Kier molecular flexibility index (Phi) is 6.02. The Morgan fingerprint density at radius 3 is 2.68 bits per heavy atom. The fourth-order valence-electron chi connectivity index (χ4n) is 2.83. The molecule has 0 aromatic carbocycles. The van der Waals surface area contributed by atoms with E-state index in [1.807, 2.05) is 26.0 Å². The van der Waals surface area contributed by atoms with Crippen molar-refractivity contribution in [2.24, 2.45) is 0 Å². The molecule has 0 unspecified atom stereocenters. The van der Waals surface area contributed by atoms with Crippen LogP contribution in [-0.4, -0.2) is 40.9 Å². The molecular formula is C19H26N4O2. The molecule has 0 bridgehead atoms. The van der Waals surface area contributed by atoms with Crippen LogP contribution in [0, 0.1) is 25.2 Å². The first-order chi connectivity index (χ1) is 11.9. The van der Waals surface area contributed by atoms with Crippen molar-refractivity contribution < 1.29 is 9.59 Å². The first-order valence-corrected chi connectivity index (χ1v) is 8.70. The van der Waals surface area contributed by atoms with E-state index in [9.17, 15) is 14.9 Å². The van der Waals surface area contributed by atoms with Crippen LogP contribution in [0.5, 0.6) is 0 Å². The lowest BCUT2D eigenvalue weighted by molar-refractivity contribution is -0.131. The highest BCUT2D eigenvalue weighted by Crippen LogP contribution is 2.20. The molecule has 1 saturated carbocycles. The van der Waals surface area contributed by atoms with Gasteiger partial charge in [0.05, 0.1) is 6.54 Å². The Bertz CT molecular complexity index is 735. The lowest BCUT2D eigenvalue weighted by Gasteiger charge is -2.16. The molecule has 6 heteroatoms. The molecule has 25 heavy (non-hydrogen) atoms. The minimum absolute atomic E-state index is 0.0385. The second-order valence-corrected chi connectivity index (χ2v) is 6.65. The molecule has 1 aromatic heterocycles. The van der Waals surface area contributed by atoms with Crippen LogP contribution in [-0.2, 0) is 16.1 Å². The zero-order valence-corrected chi connectivity index (χ0v) is 15.4. The van der Waals surface area contributed by atoms with E-state index in [1.54, 1.807) is 13.1 Å². The molecule has 2 rings (SSSR count). The molecule has 0 aliphatic heterocycles. The van der Waals surface area contributed by atoms with E-state index in [-0.39, 0.29) is 24.1 Å². The number of hydrogen-bond acceptors (Lipinski definition) is 3. The molecule has 1 heterocycles. The van der Waals surface area contributed by atoms with E-state index >= 15 is 0 Å². The van der Waals surface area contributed by atoms with Crippen LogP contribution in [0.2, 0.25) is 0 Å². The van der Waals surface area contributed by atoms with Crippen LogP contribution in [0.15, 0.2) is 11.6 Å². The van der Waals surface area contributed by atoms with Crippen molar-refractivity contribution in [2.45, 2.75) is 52.6 Å². The van der Waals surface area contributed by atoms with Gasteiger partial charge >= 0.3 is 0 Å². The Morgan fingerprint density at radius 1 is 1.44 bits per heavy atom. The summed E-state index contributed by atoms with van der Waals surface area (Å²) >= 11 is 0. The fourth-order valence-corrected chi connectivity index (χ4v) is 2.83. The lowest BCUT2D eigenvalue weighted by Crippen LogP contribution is -2.39. The third-order valence-corrected chi connectivity index (χ3v) is 4.38. The van der Waals surface area contributed by atoms with Crippen LogP contribution in [0.4, 0.5) is 0 Å². The van der Waals surface area contributed by atoms with Crippen molar-refractivity contribution in [3.05, 3.63) is 28.6 Å². The summed E-state index contributed by atoms with van der Waals surface area (Å²) in [4.78, 5) is 25.6. The number of aromatic nitrogens is 1. The van der Waals surface area contributed by atoms with Crippen molar-refractivity contribution in [3.8, 4) is 6.07 Å². The van der Waals surface area contributed by atoms with Crippen LogP contribution in [0.3, 0.4) is 0 Å². The van der Waals surface area contributed by atoms with Gasteiger partial charge in [0, 0.05) is 31.0 Å². The third kappa shape index (κ3) is 4.72. The SMILES string of the molecule is CCCn1c(C)cc(/C=C(/C#N)C(=O)N(C)CC(=O)NC2CC2)c1C. The number of nitriles is 1. The first-order valence-electron chi connectivity index (χ1n) is 8.70. The monoisotopic (exact) mass is 342 g/mol. The Balaban J connectivity index is 2.13. The van der Waals surface area contributed by atoms with Crippen LogP contribution >= 0.6 is 0 Å². The van der Waals surface area contributed by atoms with Gasteiger partial charge in [-0.2, -0.15) is 5.26 Å². The first kappa shape index (κ1) is 18.8. The van der Waals surface area contributed by atoms with E-state index in [0.29, 0.717) is 0 Å². The van der Waals surface area contributed by atoms with Crippen LogP contribution < -0.4 is 5.32 Å². The number of nitrogens with one attached hydrogen (secondary N) is 1. The summed E-state index contributed by atoms with van der Waals surface area (Å²) in [7, 11) is 1.54. The molecule has 0 spiro atoms. The number of aryl methyl sites for hydroxylation is 1. The van der Waals surface area contributed by atoms with Gasteiger partial charge in [0.25, 0.3) is 5.91 Å². The van der Waals surface area contributed by atoms with Crippen molar-refractivity contribution in [1.29, 1.82) is 5.26 Å². The molecule has 1 fully saturated rings. The lowest BCUT2D eigenvalue weighted by atomic mass is 10.1. The van der Waals surface area contributed by atoms with Gasteiger partial charge in [-0.1, -0.05) is 6.92 Å². The predicted molar refractivity (Wildman–Crippen MR) is 96.6 cm³/mol. The van der Waals surface area contributed by atoms with Gasteiger partial charge in [0.2, 0.25) is 5.91 Å². The van der Waals surface area contributed by atoms with Gasteiger partial charge in [-0.05, 0) is 50.8 Å². The summed E-state index contributed by atoms with van der Waals surface area (Å²) in [6, 6.07) is 4.21. The fraction of sp³-hybridized carbons (Fsp3) is 0.526. The molecule has 0 radical (unpaired) electrons. The molecule has 1 aromatic rings. The summed E-state index contributed by atoms with van der Waals surface area (Å²) in [5.74, 6) is -0.620. The zero-order valence-electron chi connectivity index (χ0n) is 15.4. The van der Waals surface area contributed by atoms with Gasteiger partial charge in [-0.15, -0.1) is 0 Å². The second kappa shape index (κ2) is 8.02. The number of nitrogens with zero attached hydrogens (tertiary/aromatic N) is 3. The van der Waals surface area contributed by atoms with Crippen molar-refractivity contribution >= 4 is 17.9 Å². The van der Waals surface area contributed by atoms with Crippen molar-refractivity contribution in [1.82, 2.24) is 14.8 Å². The molecule has 0 atom stereocenters. The quantitative estimate of drug-likeness (QED) is 0.609. The maximum Gasteiger partial charge on any atom is 0.264 e. The average Bonchev–Trinajstić information content (AvgIpc) is 3.33. The minimum Gasteiger partial charge on any atom is -0.352 e. The maximum atomic E-state index is 12.5. The second-order valence-electron chi connectivity index (χ2n) is 6.65. The molecule has 0 saturated heterocycles. The van der Waals surface area contributed by atoms with Crippen LogP contribution in [0.1, 0.15) is 43.1 Å². The Morgan fingerprint density at radius 2 is 2.12 bits per heavy atom. The summed E-state index contributed by atoms with van der Waals surface area (Å²) in [5, 5.41) is 12.2. The standard InChI is InChI=1S/C19H26N4O2/c1-5-8-23-13(2)9-15(14(23)3)10-16(11-20)19(25)22(4)12-18(24)21-17-6-7-17/h9-10,17H,5-8,12H2,1-4H3,(H,21,24)/b16-10-. The molecule has 1 aliphatic carbocycles. The third-order valence-electron chi connectivity index (χ3n) is 4.38. The molecular weight excluding hydrogens is 316 g/mol. The number of carbonyl (C=O) groups is 2. The van der Waals surface area contributed by atoms with E-state index in [0.717, 1.165) is 42.8 Å². The van der Waals surface area contributed by atoms with Crippen LogP contribution in [0.25, 0.3) is 6.08 Å². The van der Waals surface area contributed by atoms with Gasteiger partial charge in [0.1, 0.15) is 11.6 Å². The molecule has 1 N–H and O–H groups in total.